The highest BCUT2D eigenvalue weighted by atomic mass is 35.5. The third-order valence-corrected chi connectivity index (χ3v) is 4.10. The number of halogens is 2. The minimum absolute atomic E-state index is 0.225. The molecule has 2 rings (SSSR count). The van der Waals surface area contributed by atoms with Crippen molar-refractivity contribution in [1.82, 2.24) is 15.1 Å². The third kappa shape index (κ3) is 4.15. The fraction of sp³-hybridized carbons (Fsp3) is 0.533. The highest BCUT2D eigenvalue weighted by Gasteiger charge is 2.18. The van der Waals surface area contributed by atoms with Gasteiger partial charge in [-0.25, -0.2) is 4.39 Å². The van der Waals surface area contributed by atoms with E-state index >= 15 is 0 Å². The molecule has 0 spiro atoms. The second kappa shape index (κ2) is 7.20. The van der Waals surface area contributed by atoms with Crippen LogP contribution in [0.4, 0.5) is 4.39 Å². The zero-order valence-corrected chi connectivity index (χ0v) is 13.2. The summed E-state index contributed by atoms with van der Waals surface area (Å²) in [6.45, 7) is 6.98. The van der Waals surface area contributed by atoms with Crippen LogP contribution in [-0.4, -0.2) is 62.0 Å². The van der Waals surface area contributed by atoms with Crippen LogP contribution in [0, 0.1) is 12.7 Å². The van der Waals surface area contributed by atoms with Gasteiger partial charge in [-0.1, -0.05) is 11.6 Å². The summed E-state index contributed by atoms with van der Waals surface area (Å²) in [6.07, 6.45) is 0. The van der Waals surface area contributed by atoms with Crippen LogP contribution >= 0.6 is 11.6 Å². The summed E-state index contributed by atoms with van der Waals surface area (Å²) in [6, 6.07) is 2.72. The number of hydrogen-bond donors (Lipinski definition) is 1. The molecule has 1 aliphatic heterocycles. The fourth-order valence-corrected chi connectivity index (χ4v) is 2.64. The number of amides is 1. The average molecular weight is 314 g/mol. The van der Waals surface area contributed by atoms with Gasteiger partial charge in [-0.05, 0) is 24.6 Å². The summed E-state index contributed by atoms with van der Waals surface area (Å²) in [5, 5.41) is 3.59. The second-order valence-corrected chi connectivity index (χ2v) is 5.81. The van der Waals surface area contributed by atoms with Crippen LogP contribution in [0.2, 0.25) is 5.02 Å². The van der Waals surface area contributed by atoms with Crippen molar-refractivity contribution in [2.45, 2.75) is 6.92 Å². The van der Waals surface area contributed by atoms with Crippen molar-refractivity contribution in [3.63, 3.8) is 0 Å². The van der Waals surface area contributed by atoms with E-state index < -0.39 is 5.82 Å². The summed E-state index contributed by atoms with van der Waals surface area (Å²) < 4.78 is 13.6. The van der Waals surface area contributed by atoms with E-state index in [0.717, 1.165) is 32.7 Å². The number of hydrogen-bond acceptors (Lipinski definition) is 3. The van der Waals surface area contributed by atoms with Crippen LogP contribution in [0.15, 0.2) is 12.1 Å². The number of nitrogens with one attached hydrogen (secondary N) is 1. The Morgan fingerprint density at radius 3 is 2.76 bits per heavy atom. The standard InChI is InChI=1S/C15H21ClFN3O/c1-11-9-13(16)12(10-14(11)17)15(21)19(2)7-8-20-5-3-18-4-6-20/h9-10,18H,3-8H2,1-2H3. The predicted octanol–water partition coefficient (Wildman–Crippen LogP) is 1.76. The van der Waals surface area contributed by atoms with Crippen molar-refractivity contribution >= 4 is 17.5 Å². The number of carbonyl (C=O) groups excluding carboxylic acids is 1. The molecule has 0 unspecified atom stereocenters. The van der Waals surface area contributed by atoms with Gasteiger partial charge in [0.1, 0.15) is 5.82 Å². The first-order chi connectivity index (χ1) is 9.99. The van der Waals surface area contributed by atoms with Gasteiger partial charge in [-0.15, -0.1) is 0 Å². The van der Waals surface area contributed by atoms with Crippen LogP contribution in [0.5, 0.6) is 0 Å². The van der Waals surface area contributed by atoms with Gasteiger partial charge in [-0.3, -0.25) is 9.69 Å². The maximum atomic E-state index is 13.6. The van der Waals surface area contributed by atoms with Crippen LogP contribution in [-0.2, 0) is 0 Å². The Morgan fingerprint density at radius 1 is 1.43 bits per heavy atom. The lowest BCUT2D eigenvalue weighted by Crippen LogP contribution is -2.46. The van der Waals surface area contributed by atoms with Gasteiger partial charge in [0.15, 0.2) is 0 Å². The molecule has 1 saturated heterocycles. The maximum Gasteiger partial charge on any atom is 0.255 e. The first kappa shape index (κ1) is 16.2. The fourth-order valence-electron chi connectivity index (χ4n) is 2.34. The highest BCUT2D eigenvalue weighted by Crippen LogP contribution is 2.21. The number of likely N-dealkylation sites (N-methyl/N-ethyl adjacent to an activating group) is 1. The summed E-state index contributed by atoms with van der Waals surface area (Å²) in [4.78, 5) is 16.2. The molecule has 4 nitrogen and oxygen atoms in total. The van der Waals surface area contributed by atoms with Crippen LogP contribution in [0.1, 0.15) is 15.9 Å². The molecule has 116 valence electrons. The predicted molar refractivity (Wildman–Crippen MR) is 82.4 cm³/mol. The van der Waals surface area contributed by atoms with Crippen molar-refractivity contribution < 1.29 is 9.18 Å². The lowest BCUT2D eigenvalue weighted by atomic mass is 10.1. The minimum Gasteiger partial charge on any atom is -0.340 e. The minimum atomic E-state index is -0.404. The molecule has 0 aromatic heterocycles. The molecule has 6 heteroatoms. The van der Waals surface area contributed by atoms with Crippen molar-refractivity contribution in [1.29, 1.82) is 0 Å². The molecule has 1 N–H and O–H groups in total. The molecular weight excluding hydrogens is 293 g/mol. The number of benzene rings is 1. The number of rotatable bonds is 4. The van der Waals surface area contributed by atoms with Crippen LogP contribution in [0.3, 0.4) is 0 Å². The summed E-state index contributed by atoms with van der Waals surface area (Å²) in [5.74, 6) is -0.646. The molecule has 1 aromatic carbocycles. The Morgan fingerprint density at radius 2 is 2.10 bits per heavy atom. The van der Waals surface area contributed by atoms with E-state index in [1.54, 1.807) is 18.9 Å². The summed E-state index contributed by atoms with van der Waals surface area (Å²) in [7, 11) is 1.72. The van der Waals surface area contributed by atoms with Gasteiger partial charge in [0.05, 0.1) is 10.6 Å². The Labute approximate surface area is 129 Å². The van der Waals surface area contributed by atoms with Crippen LogP contribution < -0.4 is 5.32 Å². The van der Waals surface area contributed by atoms with Gasteiger partial charge in [0.2, 0.25) is 0 Å². The first-order valence-corrected chi connectivity index (χ1v) is 7.51. The topological polar surface area (TPSA) is 35.6 Å². The zero-order valence-electron chi connectivity index (χ0n) is 12.5. The smallest absolute Gasteiger partial charge is 0.255 e. The van der Waals surface area contributed by atoms with Crippen molar-refractivity contribution in [2.75, 3.05) is 46.3 Å². The molecule has 0 bridgehead atoms. The van der Waals surface area contributed by atoms with E-state index in [2.05, 4.69) is 10.2 Å². The monoisotopic (exact) mass is 313 g/mol. The van der Waals surface area contributed by atoms with Crippen molar-refractivity contribution in [3.8, 4) is 0 Å². The lowest BCUT2D eigenvalue weighted by Gasteiger charge is -2.29. The van der Waals surface area contributed by atoms with Crippen molar-refractivity contribution in [2.24, 2.45) is 0 Å². The number of piperazine rings is 1. The van der Waals surface area contributed by atoms with Gasteiger partial charge >= 0.3 is 0 Å². The Hall–Kier alpha value is -1.17. The Balaban J connectivity index is 1.97. The molecule has 1 aliphatic rings. The molecule has 1 aromatic rings. The van der Waals surface area contributed by atoms with Gasteiger partial charge in [0, 0.05) is 46.3 Å². The van der Waals surface area contributed by atoms with E-state index in [9.17, 15) is 9.18 Å². The quantitative estimate of drug-likeness (QED) is 0.920. The molecule has 1 fully saturated rings. The van der Waals surface area contributed by atoms with E-state index in [1.807, 2.05) is 0 Å². The molecule has 1 heterocycles. The number of carbonyl (C=O) groups is 1. The Kier molecular flexibility index (Phi) is 5.56. The van der Waals surface area contributed by atoms with E-state index in [4.69, 9.17) is 11.6 Å². The van der Waals surface area contributed by atoms with Crippen molar-refractivity contribution in [3.05, 3.63) is 34.1 Å². The van der Waals surface area contributed by atoms with E-state index in [-0.39, 0.29) is 11.5 Å². The van der Waals surface area contributed by atoms with Crippen LogP contribution in [0.25, 0.3) is 0 Å². The molecule has 0 aliphatic carbocycles. The summed E-state index contributed by atoms with van der Waals surface area (Å²) in [5.41, 5.74) is 0.669. The van der Waals surface area contributed by atoms with Gasteiger partial charge in [-0.2, -0.15) is 0 Å². The number of aryl methyl sites for hydroxylation is 1. The normalized spacial score (nSPS) is 16.0. The lowest BCUT2D eigenvalue weighted by molar-refractivity contribution is 0.0774. The molecule has 0 radical (unpaired) electrons. The zero-order chi connectivity index (χ0) is 15.4. The SMILES string of the molecule is Cc1cc(Cl)c(C(=O)N(C)CCN2CCNCC2)cc1F. The maximum absolute atomic E-state index is 13.6. The van der Waals surface area contributed by atoms with Gasteiger partial charge in [0.25, 0.3) is 5.91 Å². The molecule has 0 atom stereocenters. The average Bonchev–Trinajstić information content (AvgIpc) is 2.49. The third-order valence-electron chi connectivity index (χ3n) is 3.79. The molecule has 21 heavy (non-hydrogen) atoms. The number of nitrogens with zero attached hydrogens (tertiary/aromatic N) is 2. The summed E-state index contributed by atoms with van der Waals surface area (Å²) >= 11 is 6.06. The molecule has 0 saturated carbocycles. The second-order valence-electron chi connectivity index (χ2n) is 5.40. The van der Waals surface area contributed by atoms with Gasteiger partial charge < -0.3 is 10.2 Å². The van der Waals surface area contributed by atoms with E-state index in [1.165, 1.54) is 12.1 Å². The first-order valence-electron chi connectivity index (χ1n) is 7.13. The van der Waals surface area contributed by atoms with E-state index in [0.29, 0.717) is 17.1 Å². The highest BCUT2D eigenvalue weighted by molar-refractivity contribution is 6.33. The Bertz CT molecular complexity index is 518. The molecule has 1 amide bonds. The molecular formula is C15H21ClFN3O. The largest absolute Gasteiger partial charge is 0.340 e.